The van der Waals surface area contributed by atoms with E-state index < -0.39 is 0 Å². The van der Waals surface area contributed by atoms with E-state index in [9.17, 15) is 4.79 Å². The fourth-order valence-electron chi connectivity index (χ4n) is 2.53. The molecule has 1 fully saturated rings. The summed E-state index contributed by atoms with van der Waals surface area (Å²) < 4.78 is 5.00. The first-order valence-corrected chi connectivity index (χ1v) is 6.57. The Labute approximate surface area is 108 Å². The Morgan fingerprint density at radius 3 is 3.17 bits per heavy atom. The van der Waals surface area contributed by atoms with Crippen LogP contribution in [0.3, 0.4) is 0 Å². The summed E-state index contributed by atoms with van der Waals surface area (Å²) in [6.45, 7) is 3.64. The standard InChI is InChI=1S/C13H21N3O2/c1-10-8-11(15-18-10)5-6-13(17)16-7-3-4-12(16)9-14-2/h8,12,14H,3-7,9H2,1-2H3. The lowest BCUT2D eigenvalue weighted by Crippen LogP contribution is -2.40. The highest BCUT2D eigenvalue weighted by molar-refractivity contribution is 5.77. The molecular weight excluding hydrogens is 230 g/mol. The van der Waals surface area contributed by atoms with Crippen molar-refractivity contribution in [3.8, 4) is 0 Å². The van der Waals surface area contributed by atoms with Crippen molar-refractivity contribution in [3.05, 3.63) is 17.5 Å². The molecule has 1 aromatic heterocycles. The van der Waals surface area contributed by atoms with E-state index in [4.69, 9.17) is 4.52 Å². The van der Waals surface area contributed by atoms with Gasteiger partial charge in [0, 0.05) is 38.0 Å². The Morgan fingerprint density at radius 2 is 2.50 bits per heavy atom. The van der Waals surface area contributed by atoms with Crippen LogP contribution in [0.4, 0.5) is 0 Å². The third kappa shape index (κ3) is 3.10. The van der Waals surface area contributed by atoms with E-state index in [1.807, 2.05) is 24.9 Å². The van der Waals surface area contributed by atoms with E-state index in [-0.39, 0.29) is 5.91 Å². The van der Waals surface area contributed by atoms with Gasteiger partial charge in [-0.3, -0.25) is 4.79 Å². The van der Waals surface area contributed by atoms with Crippen molar-refractivity contribution in [2.75, 3.05) is 20.1 Å². The van der Waals surface area contributed by atoms with Gasteiger partial charge in [-0.15, -0.1) is 0 Å². The zero-order chi connectivity index (χ0) is 13.0. The van der Waals surface area contributed by atoms with Crippen LogP contribution in [-0.2, 0) is 11.2 Å². The number of hydrogen-bond acceptors (Lipinski definition) is 4. The van der Waals surface area contributed by atoms with Crippen molar-refractivity contribution < 1.29 is 9.32 Å². The fourth-order valence-corrected chi connectivity index (χ4v) is 2.53. The van der Waals surface area contributed by atoms with E-state index in [1.54, 1.807) is 0 Å². The minimum atomic E-state index is 0.230. The molecule has 18 heavy (non-hydrogen) atoms. The maximum absolute atomic E-state index is 12.2. The Hall–Kier alpha value is -1.36. The van der Waals surface area contributed by atoms with Gasteiger partial charge in [-0.2, -0.15) is 0 Å². The molecule has 1 aromatic rings. The molecule has 2 rings (SSSR count). The van der Waals surface area contributed by atoms with E-state index in [0.717, 1.165) is 37.4 Å². The average Bonchev–Trinajstić information content (AvgIpc) is 2.96. The van der Waals surface area contributed by atoms with Gasteiger partial charge in [0.1, 0.15) is 5.76 Å². The highest BCUT2D eigenvalue weighted by Gasteiger charge is 2.27. The van der Waals surface area contributed by atoms with E-state index in [2.05, 4.69) is 10.5 Å². The lowest BCUT2D eigenvalue weighted by molar-refractivity contribution is -0.131. The molecular formula is C13H21N3O2. The van der Waals surface area contributed by atoms with Crippen LogP contribution in [0.25, 0.3) is 0 Å². The molecule has 1 amide bonds. The predicted octanol–water partition coefficient (Wildman–Crippen LogP) is 1.13. The highest BCUT2D eigenvalue weighted by Crippen LogP contribution is 2.18. The summed E-state index contributed by atoms with van der Waals surface area (Å²) in [7, 11) is 1.93. The second kappa shape index (κ2) is 6.00. The van der Waals surface area contributed by atoms with Crippen molar-refractivity contribution in [1.29, 1.82) is 0 Å². The van der Waals surface area contributed by atoms with Crippen LogP contribution in [0.15, 0.2) is 10.6 Å². The number of likely N-dealkylation sites (N-methyl/N-ethyl adjacent to an activating group) is 1. The van der Waals surface area contributed by atoms with Gasteiger partial charge in [-0.25, -0.2) is 0 Å². The van der Waals surface area contributed by atoms with Crippen LogP contribution >= 0.6 is 0 Å². The molecule has 100 valence electrons. The molecule has 5 nitrogen and oxygen atoms in total. The summed E-state index contributed by atoms with van der Waals surface area (Å²) in [4.78, 5) is 14.2. The first-order valence-electron chi connectivity index (χ1n) is 6.57. The second-order valence-electron chi connectivity index (χ2n) is 4.87. The number of aryl methyl sites for hydroxylation is 2. The smallest absolute Gasteiger partial charge is 0.223 e. The monoisotopic (exact) mass is 251 g/mol. The largest absolute Gasteiger partial charge is 0.361 e. The van der Waals surface area contributed by atoms with Crippen LogP contribution in [-0.4, -0.2) is 42.1 Å². The molecule has 1 aliphatic heterocycles. The quantitative estimate of drug-likeness (QED) is 0.852. The van der Waals surface area contributed by atoms with Gasteiger partial charge in [-0.1, -0.05) is 5.16 Å². The number of hydrogen-bond donors (Lipinski definition) is 1. The molecule has 1 unspecified atom stereocenters. The Bertz CT molecular complexity index is 403. The van der Waals surface area contributed by atoms with Gasteiger partial charge >= 0.3 is 0 Å². The third-order valence-electron chi connectivity index (χ3n) is 3.41. The van der Waals surface area contributed by atoms with Gasteiger partial charge in [0.15, 0.2) is 0 Å². The maximum atomic E-state index is 12.2. The van der Waals surface area contributed by atoms with E-state index in [1.165, 1.54) is 0 Å². The molecule has 5 heteroatoms. The molecule has 2 heterocycles. The van der Waals surface area contributed by atoms with Gasteiger partial charge in [-0.05, 0) is 26.8 Å². The van der Waals surface area contributed by atoms with E-state index in [0.29, 0.717) is 18.9 Å². The number of rotatable bonds is 5. The minimum Gasteiger partial charge on any atom is -0.361 e. The Balaban J connectivity index is 1.83. The van der Waals surface area contributed by atoms with Crippen molar-refractivity contribution in [3.63, 3.8) is 0 Å². The van der Waals surface area contributed by atoms with Crippen molar-refractivity contribution >= 4 is 5.91 Å². The predicted molar refractivity (Wildman–Crippen MR) is 68.2 cm³/mol. The van der Waals surface area contributed by atoms with Crippen LogP contribution in [0.2, 0.25) is 0 Å². The third-order valence-corrected chi connectivity index (χ3v) is 3.41. The zero-order valence-corrected chi connectivity index (χ0v) is 11.1. The number of nitrogens with zero attached hydrogens (tertiary/aromatic N) is 2. The van der Waals surface area contributed by atoms with Crippen LogP contribution in [0.5, 0.6) is 0 Å². The molecule has 1 aliphatic rings. The molecule has 0 saturated carbocycles. The normalized spacial score (nSPS) is 19.4. The van der Waals surface area contributed by atoms with Gasteiger partial charge in [0.2, 0.25) is 5.91 Å². The van der Waals surface area contributed by atoms with Crippen LogP contribution in [0, 0.1) is 6.92 Å². The lowest BCUT2D eigenvalue weighted by Gasteiger charge is -2.24. The summed E-state index contributed by atoms with van der Waals surface area (Å²) in [5, 5.41) is 7.06. The lowest BCUT2D eigenvalue weighted by atomic mass is 10.2. The van der Waals surface area contributed by atoms with Crippen molar-refractivity contribution in [2.24, 2.45) is 0 Å². The zero-order valence-electron chi connectivity index (χ0n) is 11.1. The molecule has 1 atom stereocenters. The SMILES string of the molecule is CNCC1CCCN1C(=O)CCc1cc(C)on1. The average molecular weight is 251 g/mol. The first kappa shape index (κ1) is 13.1. The number of carbonyl (C=O) groups is 1. The van der Waals surface area contributed by atoms with E-state index >= 15 is 0 Å². The number of aromatic nitrogens is 1. The summed E-state index contributed by atoms with van der Waals surface area (Å²) in [5.74, 6) is 1.03. The molecule has 0 bridgehead atoms. The summed E-state index contributed by atoms with van der Waals surface area (Å²) >= 11 is 0. The van der Waals surface area contributed by atoms with Crippen LogP contribution < -0.4 is 5.32 Å². The molecule has 1 N–H and O–H groups in total. The molecule has 0 radical (unpaired) electrons. The Morgan fingerprint density at radius 1 is 1.67 bits per heavy atom. The number of nitrogens with one attached hydrogen (secondary N) is 1. The van der Waals surface area contributed by atoms with Crippen LogP contribution in [0.1, 0.15) is 30.7 Å². The molecule has 1 saturated heterocycles. The molecule has 0 aliphatic carbocycles. The second-order valence-corrected chi connectivity index (χ2v) is 4.87. The summed E-state index contributed by atoms with van der Waals surface area (Å²) in [6.07, 6.45) is 3.40. The van der Waals surface area contributed by atoms with Crippen molar-refractivity contribution in [1.82, 2.24) is 15.4 Å². The fraction of sp³-hybridized carbons (Fsp3) is 0.692. The number of carbonyl (C=O) groups excluding carboxylic acids is 1. The summed E-state index contributed by atoms with van der Waals surface area (Å²) in [6, 6.07) is 2.25. The maximum Gasteiger partial charge on any atom is 0.223 e. The summed E-state index contributed by atoms with van der Waals surface area (Å²) in [5.41, 5.74) is 0.866. The van der Waals surface area contributed by atoms with Gasteiger partial charge in [0.25, 0.3) is 0 Å². The van der Waals surface area contributed by atoms with Gasteiger partial charge in [0.05, 0.1) is 5.69 Å². The Kier molecular flexibility index (Phi) is 4.36. The van der Waals surface area contributed by atoms with Crippen molar-refractivity contribution in [2.45, 2.75) is 38.6 Å². The number of likely N-dealkylation sites (tertiary alicyclic amines) is 1. The number of amides is 1. The molecule has 0 spiro atoms. The topological polar surface area (TPSA) is 58.4 Å². The first-order chi connectivity index (χ1) is 8.70. The molecule has 0 aromatic carbocycles. The highest BCUT2D eigenvalue weighted by atomic mass is 16.5. The minimum absolute atomic E-state index is 0.230. The van der Waals surface area contributed by atoms with Gasteiger partial charge < -0.3 is 14.7 Å².